The van der Waals surface area contributed by atoms with E-state index in [4.69, 9.17) is 0 Å². The number of aliphatic hydroxyl groups excluding tert-OH is 1. The summed E-state index contributed by atoms with van der Waals surface area (Å²) < 4.78 is 0. The highest BCUT2D eigenvalue weighted by atomic mass is 32.2. The maximum atomic E-state index is 12.3. The molecule has 2 aromatic carbocycles. The third-order valence-corrected chi connectivity index (χ3v) is 6.81. The molecule has 2 nitrogen and oxygen atoms in total. The summed E-state index contributed by atoms with van der Waals surface area (Å²) in [6, 6.07) is 15.7. The van der Waals surface area contributed by atoms with Crippen LogP contribution in [0.5, 0.6) is 0 Å². The Bertz CT molecular complexity index is 985. The third-order valence-electron chi connectivity index (χ3n) is 4.38. The minimum atomic E-state index is -0.455. The van der Waals surface area contributed by atoms with Crippen LogP contribution in [-0.4, -0.2) is 16.1 Å². The Morgan fingerprint density at radius 1 is 0.852 bits per heavy atom. The van der Waals surface area contributed by atoms with Gasteiger partial charge in [-0.15, -0.1) is 11.8 Å². The van der Waals surface area contributed by atoms with E-state index >= 15 is 0 Å². The lowest BCUT2D eigenvalue weighted by molar-refractivity contribution is 0.104. The van der Waals surface area contributed by atoms with Crippen molar-refractivity contribution >= 4 is 29.3 Å². The molecule has 0 saturated carbocycles. The molecule has 0 saturated heterocycles. The Kier molecular flexibility index (Phi) is 5.48. The zero-order valence-electron chi connectivity index (χ0n) is 14.5. The Morgan fingerprint density at radius 3 is 2.37 bits per heavy atom. The van der Waals surface area contributed by atoms with Crippen LogP contribution < -0.4 is 0 Å². The number of ketones is 1. The van der Waals surface area contributed by atoms with Gasteiger partial charge in [0.2, 0.25) is 5.78 Å². The van der Waals surface area contributed by atoms with E-state index < -0.39 is 6.10 Å². The van der Waals surface area contributed by atoms with Crippen molar-refractivity contribution in [2.75, 3.05) is 0 Å². The van der Waals surface area contributed by atoms with E-state index in [-0.39, 0.29) is 11.0 Å². The normalized spacial score (nSPS) is 23.1. The molecule has 27 heavy (non-hydrogen) atoms. The molecule has 4 rings (SSSR count). The molecule has 0 fully saturated rings. The number of benzene rings is 2. The van der Waals surface area contributed by atoms with Gasteiger partial charge in [0.25, 0.3) is 0 Å². The third kappa shape index (κ3) is 3.88. The van der Waals surface area contributed by atoms with Crippen molar-refractivity contribution in [1.29, 1.82) is 0 Å². The predicted molar refractivity (Wildman–Crippen MR) is 113 cm³/mol. The fourth-order valence-electron chi connectivity index (χ4n) is 3.02. The molecule has 2 aliphatic heterocycles. The predicted octanol–water partition coefficient (Wildman–Crippen LogP) is 5.74. The number of carbonyl (C=O) groups is 1. The molecular weight excluding hydrogens is 372 g/mol. The van der Waals surface area contributed by atoms with Crippen molar-refractivity contribution in [3.05, 3.63) is 107 Å². The second-order valence-electron chi connectivity index (χ2n) is 6.18. The summed E-state index contributed by atoms with van der Waals surface area (Å²) in [5, 5.41) is 10.4. The summed E-state index contributed by atoms with van der Waals surface area (Å²) in [6.45, 7) is 0. The largest absolute Gasteiger partial charge is 0.387 e. The molecular formula is C23H18O2S2. The van der Waals surface area contributed by atoms with Gasteiger partial charge in [0, 0.05) is 15.4 Å². The lowest BCUT2D eigenvalue weighted by Crippen LogP contribution is -2.05. The molecule has 0 amide bonds. The van der Waals surface area contributed by atoms with Crippen LogP contribution in [-0.2, 0) is 0 Å². The number of Topliss-reactive ketones (excluding diaryl/α,β-unsaturated/α-hetero) is 1. The summed E-state index contributed by atoms with van der Waals surface area (Å²) >= 11 is 3.20. The molecule has 2 unspecified atom stereocenters. The second kappa shape index (κ2) is 8.17. The first-order chi connectivity index (χ1) is 13.2. The number of thioether (sulfide) groups is 2. The minimum absolute atomic E-state index is 0.0455. The highest BCUT2D eigenvalue weighted by molar-refractivity contribution is 8.04. The van der Waals surface area contributed by atoms with Crippen LogP contribution in [0.1, 0.15) is 22.0 Å². The molecule has 1 N–H and O–H groups in total. The Balaban J connectivity index is 1.32. The van der Waals surface area contributed by atoms with Gasteiger partial charge in [0.1, 0.15) is 0 Å². The van der Waals surface area contributed by atoms with Crippen molar-refractivity contribution in [3.63, 3.8) is 0 Å². The molecule has 134 valence electrons. The molecule has 0 aromatic heterocycles. The molecule has 0 radical (unpaired) electrons. The van der Waals surface area contributed by atoms with Crippen LogP contribution in [0.25, 0.3) is 0 Å². The van der Waals surface area contributed by atoms with Crippen LogP contribution in [0, 0.1) is 0 Å². The molecule has 2 aromatic rings. The Hall–Kier alpha value is -2.27. The smallest absolute Gasteiger partial charge is 0.200 e. The molecule has 2 aliphatic rings. The maximum absolute atomic E-state index is 12.3. The topological polar surface area (TPSA) is 37.3 Å². The average molecular weight is 391 g/mol. The van der Waals surface area contributed by atoms with E-state index in [0.717, 1.165) is 25.8 Å². The van der Waals surface area contributed by atoms with Gasteiger partial charge in [-0.3, -0.25) is 4.79 Å². The van der Waals surface area contributed by atoms with Crippen LogP contribution in [0.2, 0.25) is 0 Å². The number of aliphatic hydroxyl groups is 1. The lowest BCUT2D eigenvalue weighted by Gasteiger charge is -2.08. The molecule has 2 atom stereocenters. The van der Waals surface area contributed by atoms with E-state index in [1.54, 1.807) is 11.8 Å². The standard InChI is InChI=1S/C23H18O2S2/c24-22-16-10-6-8-12-18(16)26-20(22)14-4-2-1-3-5-15-21-23(25)17-11-7-9-13-19(17)27-21/h1-15,20,22,24H/b2-1+,5-3+,14-4+,21-15+. The van der Waals surface area contributed by atoms with E-state index in [9.17, 15) is 9.90 Å². The quantitative estimate of drug-likeness (QED) is 0.534. The van der Waals surface area contributed by atoms with Gasteiger partial charge in [-0.2, -0.15) is 0 Å². The fraction of sp³-hybridized carbons (Fsp3) is 0.0870. The van der Waals surface area contributed by atoms with Crippen LogP contribution in [0.15, 0.2) is 106 Å². The van der Waals surface area contributed by atoms with Crippen LogP contribution in [0.4, 0.5) is 0 Å². The van der Waals surface area contributed by atoms with Crippen LogP contribution in [0.3, 0.4) is 0 Å². The summed E-state index contributed by atoms with van der Waals surface area (Å²) in [4.78, 5) is 15.2. The first-order valence-electron chi connectivity index (χ1n) is 8.71. The first-order valence-corrected chi connectivity index (χ1v) is 10.4. The second-order valence-corrected chi connectivity index (χ2v) is 8.48. The zero-order valence-corrected chi connectivity index (χ0v) is 16.1. The maximum Gasteiger partial charge on any atom is 0.200 e. The summed E-state index contributed by atoms with van der Waals surface area (Å²) in [5.41, 5.74) is 1.79. The van der Waals surface area contributed by atoms with Crippen molar-refractivity contribution in [3.8, 4) is 0 Å². The lowest BCUT2D eigenvalue weighted by atomic mass is 10.1. The summed E-state index contributed by atoms with van der Waals surface area (Å²) in [6.07, 6.45) is 13.0. The Morgan fingerprint density at radius 2 is 1.56 bits per heavy atom. The molecule has 4 heteroatoms. The van der Waals surface area contributed by atoms with Gasteiger partial charge in [0.15, 0.2) is 0 Å². The first kappa shape index (κ1) is 18.1. The number of hydrogen-bond donors (Lipinski definition) is 1. The van der Waals surface area contributed by atoms with E-state index in [0.29, 0.717) is 0 Å². The van der Waals surface area contributed by atoms with Crippen molar-refractivity contribution in [1.82, 2.24) is 0 Å². The van der Waals surface area contributed by atoms with Crippen LogP contribution >= 0.6 is 23.5 Å². The minimum Gasteiger partial charge on any atom is -0.387 e. The number of hydrogen-bond acceptors (Lipinski definition) is 4. The SMILES string of the molecule is O=C1\C(=C/C=C/C=C/C=C/C2Sc3ccccc3C2O)Sc2ccccc21. The van der Waals surface area contributed by atoms with E-state index in [2.05, 4.69) is 0 Å². The van der Waals surface area contributed by atoms with Gasteiger partial charge < -0.3 is 5.11 Å². The highest BCUT2D eigenvalue weighted by Gasteiger charge is 2.29. The number of allylic oxidation sites excluding steroid dienone is 7. The molecule has 0 aliphatic carbocycles. The fourth-order valence-corrected chi connectivity index (χ4v) is 5.25. The number of rotatable bonds is 4. The van der Waals surface area contributed by atoms with Gasteiger partial charge in [-0.25, -0.2) is 0 Å². The van der Waals surface area contributed by atoms with Gasteiger partial charge >= 0.3 is 0 Å². The van der Waals surface area contributed by atoms with E-state index in [1.807, 2.05) is 91.1 Å². The van der Waals surface area contributed by atoms with Gasteiger partial charge in [-0.1, -0.05) is 78.5 Å². The van der Waals surface area contributed by atoms with E-state index in [1.165, 1.54) is 11.8 Å². The van der Waals surface area contributed by atoms with Crippen molar-refractivity contribution < 1.29 is 9.90 Å². The summed E-state index contributed by atoms with van der Waals surface area (Å²) in [5.74, 6) is 0.0935. The molecule has 0 bridgehead atoms. The monoisotopic (exact) mass is 390 g/mol. The van der Waals surface area contributed by atoms with Gasteiger partial charge in [0.05, 0.1) is 16.3 Å². The molecule has 0 spiro atoms. The number of carbonyl (C=O) groups excluding carboxylic acids is 1. The molecule has 2 heterocycles. The number of fused-ring (bicyclic) bond motifs is 2. The van der Waals surface area contributed by atoms with Gasteiger partial charge in [-0.05, 0) is 29.8 Å². The highest BCUT2D eigenvalue weighted by Crippen LogP contribution is 2.44. The van der Waals surface area contributed by atoms with Crippen molar-refractivity contribution in [2.24, 2.45) is 0 Å². The van der Waals surface area contributed by atoms with Crippen molar-refractivity contribution in [2.45, 2.75) is 21.1 Å². The zero-order chi connectivity index (χ0) is 18.6. The Labute approximate surface area is 167 Å². The summed E-state index contributed by atoms with van der Waals surface area (Å²) in [7, 11) is 0. The average Bonchev–Trinajstić information content (AvgIpc) is 3.19.